The van der Waals surface area contributed by atoms with Gasteiger partial charge in [0.05, 0.1) is 0 Å². The summed E-state index contributed by atoms with van der Waals surface area (Å²) in [6.07, 6.45) is 0. The Hall–Kier alpha value is -2.75. The smallest absolute Gasteiger partial charge is 0.265 e. The molecule has 3 N–H and O–H groups in total. The van der Waals surface area contributed by atoms with Crippen LogP contribution in [0.3, 0.4) is 0 Å². The number of fused-ring (bicyclic) bond motifs is 1. The molecule has 2 aromatic carbocycles. The van der Waals surface area contributed by atoms with Gasteiger partial charge < -0.3 is 15.5 Å². The van der Waals surface area contributed by atoms with Crippen LogP contribution in [0.2, 0.25) is 0 Å². The largest absolute Gasteiger partial charge is 0.488 e. The van der Waals surface area contributed by atoms with E-state index in [0.717, 1.165) is 27.8 Å². The number of hydrogen-bond donors (Lipinski definition) is 2. The molecule has 4 heteroatoms. The van der Waals surface area contributed by atoms with Crippen LogP contribution in [0.1, 0.15) is 21.6 Å². The van der Waals surface area contributed by atoms with Crippen LogP contribution in [-0.2, 0) is 6.61 Å². The first kappa shape index (κ1) is 13.2. The van der Waals surface area contributed by atoms with Gasteiger partial charge in [-0.3, -0.25) is 4.79 Å². The van der Waals surface area contributed by atoms with Crippen molar-refractivity contribution in [3.63, 3.8) is 0 Å². The molecule has 4 nitrogen and oxygen atoms in total. The van der Waals surface area contributed by atoms with E-state index in [9.17, 15) is 4.79 Å². The van der Waals surface area contributed by atoms with E-state index in [2.05, 4.69) is 4.98 Å². The fraction of sp³-hybridized carbons (Fsp3) is 0.118. The topological polar surface area (TPSA) is 68.1 Å². The molecule has 0 unspecified atom stereocenters. The summed E-state index contributed by atoms with van der Waals surface area (Å²) in [5.74, 6) is 0.274. The maximum absolute atomic E-state index is 11.3. The second-order valence-corrected chi connectivity index (χ2v) is 5.05. The van der Waals surface area contributed by atoms with Gasteiger partial charge in [0, 0.05) is 10.9 Å². The van der Waals surface area contributed by atoms with Crippen molar-refractivity contribution >= 4 is 16.8 Å². The molecule has 0 spiro atoms. The van der Waals surface area contributed by atoms with Crippen LogP contribution >= 0.6 is 0 Å². The van der Waals surface area contributed by atoms with Gasteiger partial charge in [-0.15, -0.1) is 0 Å². The van der Waals surface area contributed by atoms with E-state index in [1.807, 2.05) is 49.4 Å². The highest BCUT2D eigenvalue weighted by Crippen LogP contribution is 2.29. The average Bonchev–Trinajstić information content (AvgIpc) is 2.90. The van der Waals surface area contributed by atoms with Gasteiger partial charge in [0.2, 0.25) is 0 Å². The van der Waals surface area contributed by atoms with Crippen molar-refractivity contribution in [1.29, 1.82) is 0 Å². The number of primary amides is 1. The van der Waals surface area contributed by atoms with E-state index in [4.69, 9.17) is 10.5 Å². The second kappa shape index (κ2) is 5.32. The summed E-state index contributed by atoms with van der Waals surface area (Å²) in [6, 6.07) is 15.6. The summed E-state index contributed by atoms with van der Waals surface area (Å²) in [5.41, 5.74) is 8.72. The van der Waals surface area contributed by atoms with Crippen molar-refractivity contribution < 1.29 is 9.53 Å². The minimum absolute atomic E-state index is 0.389. The average molecular weight is 280 g/mol. The molecular weight excluding hydrogens is 264 g/mol. The summed E-state index contributed by atoms with van der Waals surface area (Å²) in [5, 5.41) is 0.866. The van der Waals surface area contributed by atoms with E-state index in [1.165, 1.54) is 0 Å². The molecule has 0 bridgehead atoms. The molecule has 0 fully saturated rings. The van der Waals surface area contributed by atoms with Gasteiger partial charge in [-0.25, -0.2) is 0 Å². The van der Waals surface area contributed by atoms with Crippen molar-refractivity contribution in [3.05, 3.63) is 65.4 Å². The van der Waals surface area contributed by atoms with E-state index in [-0.39, 0.29) is 0 Å². The lowest BCUT2D eigenvalue weighted by atomic mass is 10.1. The van der Waals surface area contributed by atoms with Crippen molar-refractivity contribution in [1.82, 2.24) is 4.98 Å². The SMILES string of the molecule is Cc1cc(OCc2ccccc2)c2cc(C(N)=O)[nH]c2c1. The highest BCUT2D eigenvalue weighted by atomic mass is 16.5. The summed E-state index contributed by atoms with van der Waals surface area (Å²) in [7, 11) is 0. The Labute approximate surface area is 122 Å². The van der Waals surface area contributed by atoms with Gasteiger partial charge in [0.1, 0.15) is 18.1 Å². The highest BCUT2D eigenvalue weighted by Gasteiger charge is 2.11. The number of amides is 1. The van der Waals surface area contributed by atoms with Gasteiger partial charge in [0.25, 0.3) is 5.91 Å². The lowest BCUT2D eigenvalue weighted by Crippen LogP contribution is -2.10. The molecule has 106 valence electrons. The number of H-pyrrole nitrogens is 1. The molecule has 0 aliphatic heterocycles. The maximum Gasteiger partial charge on any atom is 0.265 e. The molecule has 0 saturated heterocycles. The van der Waals surface area contributed by atoms with Gasteiger partial charge in [0.15, 0.2) is 0 Å². The molecule has 1 amide bonds. The van der Waals surface area contributed by atoms with Crippen molar-refractivity contribution in [2.75, 3.05) is 0 Å². The molecular formula is C17H16N2O2. The highest BCUT2D eigenvalue weighted by molar-refractivity contribution is 5.99. The number of hydrogen-bond acceptors (Lipinski definition) is 2. The van der Waals surface area contributed by atoms with E-state index in [0.29, 0.717) is 12.3 Å². The molecule has 1 heterocycles. The molecule has 0 atom stereocenters. The van der Waals surface area contributed by atoms with Crippen molar-refractivity contribution in [2.24, 2.45) is 5.73 Å². The molecule has 0 aliphatic carbocycles. The number of aromatic nitrogens is 1. The van der Waals surface area contributed by atoms with Crippen LogP contribution in [0, 0.1) is 6.92 Å². The maximum atomic E-state index is 11.3. The lowest BCUT2D eigenvalue weighted by molar-refractivity contribution is 0.0996. The van der Waals surface area contributed by atoms with Gasteiger partial charge >= 0.3 is 0 Å². The van der Waals surface area contributed by atoms with Gasteiger partial charge in [-0.1, -0.05) is 30.3 Å². The fourth-order valence-electron chi connectivity index (χ4n) is 2.33. The van der Waals surface area contributed by atoms with Crippen molar-refractivity contribution in [3.8, 4) is 5.75 Å². The van der Waals surface area contributed by atoms with E-state index in [1.54, 1.807) is 6.07 Å². The number of carbonyl (C=O) groups excluding carboxylic acids is 1. The first-order valence-corrected chi connectivity index (χ1v) is 6.73. The van der Waals surface area contributed by atoms with Crippen LogP contribution < -0.4 is 10.5 Å². The Morgan fingerprint density at radius 2 is 1.95 bits per heavy atom. The van der Waals surface area contributed by atoms with Crippen LogP contribution in [0.4, 0.5) is 0 Å². The summed E-state index contributed by atoms with van der Waals surface area (Å²) >= 11 is 0. The monoisotopic (exact) mass is 280 g/mol. The fourth-order valence-corrected chi connectivity index (χ4v) is 2.33. The number of benzene rings is 2. The third kappa shape index (κ3) is 2.74. The minimum atomic E-state index is -0.474. The Balaban J connectivity index is 1.95. The van der Waals surface area contributed by atoms with Crippen LogP contribution in [-0.4, -0.2) is 10.9 Å². The molecule has 21 heavy (non-hydrogen) atoms. The summed E-state index contributed by atoms with van der Waals surface area (Å²) in [4.78, 5) is 14.3. The zero-order valence-corrected chi connectivity index (χ0v) is 11.7. The Morgan fingerprint density at radius 1 is 1.19 bits per heavy atom. The first-order chi connectivity index (χ1) is 10.1. The van der Waals surface area contributed by atoms with Crippen LogP contribution in [0.15, 0.2) is 48.5 Å². The Kier molecular flexibility index (Phi) is 3.36. The number of carbonyl (C=O) groups is 1. The molecule has 1 aromatic heterocycles. The number of aryl methyl sites for hydroxylation is 1. The predicted octanol–water partition coefficient (Wildman–Crippen LogP) is 3.15. The number of aromatic amines is 1. The molecule has 3 aromatic rings. The molecule has 0 saturated carbocycles. The van der Waals surface area contributed by atoms with E-state index >= 15 is 0 Å². The Morgan fingerprint density at radius 3 is 2.67 bits per heavy atom. The normalized spacial score (nSPS) is 10.7. The second-order valence-electron chi connectivity index (χ2n) is 5.05. The third-order valence-electron chi connectivity index (χ3n) is 3.35. The van der Waals surface area contributed by atoms with Crippen LogP contribution in [0.5, 0.6) is 5.75 Å². The van der Waals surface area contributed by atoms with E-state index < -0.39 is 5.91 Å². The third-order valence-corrected chi connectivity index (χ3v) is 3.35. The van der Waals surface area contributed by atoms with Crippen LogP contribution in [0.25, 0.3) is 10.9 Å². The molecule has 0 radical (unpaired) electrons. The summed E-state index contributed by atoms with van der Waals surface area (Å²) < 4.78 is 5.91. The summed E-state index contributed by atoms with van der Waals surface area (Å²) in [6.45, 7) is 2.47. The Bertz CT molecular complexity index is 791. The zero-order valence-electron chi connectivity index (χ0n) is 11.7. The number of ether oxygens (including phenoxy) is 1. The number of nitrogens with one attached hydrogen (secondary N) is 1. The van der Waals surface area contributed by atoms with Gasteiger partial charge in [-0.05, 0) is 36.2 Å². The quantitative estimate of drug-likeness (QED) is 0.770. The number of rotatable bonds is 4. The number of nitrogens with two attached hydrogens (primary N) is 1. The zero-order chi connectivity index (χ0) is 14.8. The van der Waals surface area contributed by atoms with Gasteiger partial charge in [-0.2, -0.15) is 0 Å². The standard InChI is InChI=1S/C17H16N2O2/c1-11-7-14-13(9-15(19-14)17(18)20)16(8-11)21-10-12-5-3-2-4-6-12/h2-9,19H,10H2,1H3,(H2,18,20). The lowest BCUT2D eigenvalue weighted by Gasteiger charge is -2.08. The van der Waals surface area contributed by atoms with Crippen molar-refractivity contribution in [2.45, 2.75) is 13.5 Å². The predicted molar refractivity (Wildman–Crippen MR) is 82.3 cm³/mol. The minimum Gasteiger partial charge on any atom is -0.488 e. The molecule has 3 rings (SSSR count). The first-order valence-electron chi connectivity index (χ1n) is 6.73. The molecule has 0 aliphatic rings.